The highest BCUT2D eigenvalue weighted by Crippen LogP contribution is 2.42. The Morgan fingerprint density at radius 3 is 2.76 bits per heavy atom. The first kappa shape index (κ1) is 18.6. The third-order valence-corrected chi connectivity index (χ3v) is 4.91. The lowest BCUT2D eigenvalue weighted by atomic mass is 9.95. The van der Waals surface area contributed by atoms with Crippen molar-refractivity contribution in [3.63, 3.8) is 0 Å². The topological polar surface area (TPSA) is 120 Å². The summed E-state index contributed by atoms with van der Waals surface area (Å²) in [5, 5.41) is 31.4. The van der Waals surface area contributed by atoms with Gasteiger partial charge in [-0.05, 0) is 29.9 Å². The van der Waals surface area contributed by atoms with Gasteiger partial charge in [-0.1, -0.05) is 29.8 Å². The molecule has 10 heteroatoms. The quantitative estimate of drug-likeness (QED) is 0.570. The largest absolute Gasteiger partial charge is 0.465 e. The number of anilines is 1. The molecule has 0 spiro atoms. The average Bonchev–Trinajstić information content (AvgIpc) is 3.02. The smallest absolute Gasteiger partial charge is 0.404 e. The molecule has 1 atom stereocenters. The third kappa shape index (κ3) is 3.43. The predicted octanol–water partition coefficient (Wildman–Crippen LogP) is 4.40. The number of nitrogens with one attached hydrogen (secondary N) is 1. The molecule has 9 nitrogen and oxygen atoms in total. The van der Waals surface area contributed by atoms with Gasteiger partial charge in [-0.2, -0.15) is 5.11 Å². The highest BCUT2D eigenvalue weighted by molar-refractivity contribution is 6.32. The maximum Gasteiger partial charge on any atom is 0.404 e. The van der Waals surface area contributed by atoms with E-state index in [4.69, 9.17) is 16.7 Å². The number of amides is 1. The third-order valence-electron chi connectivity index (χ3n) is 4.58. The minimum absolute atomic E-state index is 0.00796. The molecule has 0 fully saturated rings. The lowest BCUT2D eigenvalue weighted by molar-refractivity contribution is -0.384. The number of non-ortho nitro benzene ring substituents is 1. The fourth-order valence-electron chi connectivity index (χ4n) is 3.31. The molecule has 2 heterocycles. The van der Waals surface area contributed by atoms with Gasteiger partial charge in [-0.25, -0.2) is 4.79 Å². The van der Waals surface area contributed by atoms with E-state index in [1.54, 1.807) is 35.3 Å². The Morgan fingerprint density at radius 2 is 2.03 bits per heavy atom. The Bertz CT molecular complexity index is 1110. The normalized spacial score (nSPS) is 17.0. The number of benzene rings is 2. The van der Waals surface area contributed by atoms with Crippen LogP contribution in [0.15, 0.2) is 70.7 Å². The second-order valence-corrected chi connectivity index (χ2v) is 6.70. The Kier molecular flexibility index (Phi) is 4.73. The summed E-state index contributed by atoms with van der Waals surface area (Å²) in [7, 11) is 0. The Labute approximate surface area is 169 Å². The van der Waals surface area contributed by atoms with E-state index >= 15 is 0 Å². The second-order valence-electron chi connectivity index (χ2n) is 6.30. The van der Waals surface area contributed by atoms with E-state index in [1.807, 2.05) is 12.1 Å². The van der Waals surface area contributed by atoms with Gasteiger partial charge in [0.25, 0.3) is 5.69 Å². The average molecular weight is 412 g/mol. The van der Waals surface area contributed by atoms with E-state index in [9.17, 15) is 14.9 Å². The SMILES string of the molecule is O=C(O)NCC1N=NC2=CC=C(c3ccccc3Cl)c3cc([N+](=O)[O-])ccc3N21. The van der Waals surface area contributed by atoms with E-state index < -0.39 is 17.2 Å². The fraction of sp³-hybridized carbons (Fsp3) is 0.105. The van der Waals surface area contributed by atoms with Crippen LogP contribution < -0.4 is 10.2 Å². The summed E-state index contributed by atoms with van der Waals surface area (Å²) < 4.78 is 0. The van der Waals surface area contributed by atoms with Crippen molar-refractivity contribution >= 4 is 34.6 Å². The van der Waals surface area contributed by atoms with Crippen molar-refractivity contribution in [3.8, 4) is 0 Å². The molecule has 29 heavy (non-hydrogen) atoms. The number of azo groups is 1. The van der Waals surface area contributed by atoms with E-state index in [0.717, 1.165) is 0 Å². The van der Waals surface area contributed by atoms with Crippen LogP contribution in [0.5, 0.6) is 0 Å². The summed E-state index contributed by atoms with van der Waals surface area (Å²) in [6.45, 7) is 0.00796. The van der Waals surface area contributed by atoms with Crippen molar-refractivity contribution in [1.29, 1.82) is 0 Å². The molecular formula is C19H14ClN5O4. The van der Waals surface area contributed by atoms with Crippen LogP contribution in [0.4, 0.5) is 16.2 Å². The van der Waals surface area contributed by atoms with Gasteiger partial charge in [0, 0.05) is 28.3 Å². The van der Waals surface area contributed by atoms with Crippen LogP contribution in [-0.4, -0.2) is 28.8 Å². The summed E-state index contributed by atoms with van der Waals surface area (Å²) >= 11 is 6.39. The molecule has 0 aliphatic carbocycles. The minimum atomic E-state index is -1.17. The first-order valence-electron chi connectivity index (χ1n) is 8.58. The van der Waals surface area contributed by atoms with Crippen molar-refractivity contribution in [3.05, 3.63) is 86.7 Å². The zero-order valence-corrected chi connectivity index (χ0v) is 15.6. The molecule has 2 aromatic rings. The lowest BCUT2D eigenvalue weighted by Crippen LogP contribution is -2.39. The van der Waals surface area contributed by atoms with Gasteiger partial charge in [0.15, 0.2) is 12.0 Å². The van der Waals surface area contributed by atoms with Crippen LogP contribution in [-0.2, 0) is 0 Å². The van der Waals surface area contributed by atoms with Crippen LogP contribution >= 0.6 is 11.6 Å². The number of nitro benzene ring substituents is 1. The van der Waals surface area contributed by atoms with Crippen LogP contribution in [0.2, 0.25) is 5.02 Å². The number of rotatable bonds is 4. The predicted molar refractivity (Wildman–Crippen MR) is 107 cm³/mol. The van der Waals surface area contributed by atoms with E-state index in [2.05, 4.69) is 15.5 Å². The second kappa shape index (κ2) is 7.36. The number of nitrogens with zero attached hydrogens (tertiary/aromatic N) is 4. The maximum atomic E-state index is 11.4. The van der Waals surface area contributed by atoms with E-state index in [-0.39, 0.29) is 12.2 Å². The molecule has 4 rings (SSSR count). The van der Waals surface area contributed by atoms with Crippen molar-refractivity contribution in [1.82, 2.24) is 5.32 Å². The number of carbonyl (C=O) groups is 1. The summed E-state index contributed by atoms with van der Waals surface area (Å²) in [6, 6.07) is 11.7. The van der Waals surface area contributed by atoms with E-state index in [0.29, 0.717) is 33.2 Å². The molecule has 1 unspecified atom stereocenters. The zero-order valence-electron chi connectivity index (χ0n) is 14.8. The van der Waals surface area contributed by atoms with Gasteiger partial charge in [-0.15, -0.1) is 5.11 Å². The molecular weight excluding hydrogens is 398 g/mol. The molecule has 0 radical (unpaired) electrons. The van der Waals surface area contributed by atoms with Crippen molar-refractivity contribution in [2.24, 2.45) is 10.2 Å². The number of hydrogen-bond acceptors (Lipinski definition) is 6. The summed E-state index contributed by atoms with van der Waals surface area (Å²) in [6.07, 6.45) is 1.72. The Balaban J connectivity index is 1.88. The van der Waals surface area contributed by atoms with Gasteiger partial charge >= 0.3 is 6.09 Å². The number of halogens is 1. The summed E-state index contributed by atoms with van der Waals surface area (Å²) in [5.41, 5.74) is 2.53. The number of fused-ring (bicyclic) bond motifs is 3. The molecule has 1 amide bonds. The van der Waals surface area contributed by atoms with Crippen LogP contribution in [0.1, 0.15) is 11.1 Å². The number of hydrogen-bond donors (Lipinski definition) is 2. The highest BCUT2D eigenvalue weighted by Gasteiger charge is 2.33. The molecule has 0 saturated carbocycles. The van der Waals surface area contributed by atoms with Crippen molar-refractivity contribution in [2.45, 2.75) is 6.17 Å². The number of allylic oxidation sites excluding steroid dienone is 2. The maximum absolute atomic E-state index is 11.4. The van der Waals surface area contributed by atoms with E-state index in [1.165, 1.54) is 12.1 Å². The molecule has 2 N–H and O–H groups in total. The van der Waals surface area contributed by atoms with Gasteiger partial charge in [0.1, 0.15) is 0 Å². The fourth-order valence-corrected chi connectivity index (χ4v) is 3.55. The van der Waals surface area contributed by atoms with Crippen molar-refractivity contribution in [2.75, 3.05) is 11.4 Å². The van der Waals surface area contributed by atoms with Crippen LogP contribution in [0, 0.1) is 10.1 Å². The Morgan fingerprint density at radius 1 is 1.24 bits per heavy atom. The van der Waals surface area contributed by atoms with Crippen LogP contribution in [0.25, 0.3) is 5.57 Å². The van der Waals surface area contributed by atoms with Gasteiger partial charge in [0.2, 0.25) is 0 Å². The van der Waals surface area contributed by atoms with Gasteiger partial charge in [-0.3, -0.25) is 15.0 Å². The zero-order chi connectivity index (χ0) is 20.5. The van der Waals surface area contributed by atoms with Crippen molar-refractivity contribution < 1.29 is 14.8 Å². The molecule has 2 aliphatic heterocycles. The number of nitro groups is 1. The number of carboxylic acid groups (broad SMARTS) is 1. The monoisotopic (exact) mass is 411 g/mol. The summed E-state index contributed by atoms with van der Waals surface area (Å²) in [5.74, 6) is 0.499. The standard InChI is InChI=1S/C19H14ClN5O4/c20-15-4-2-1-3-13(15)12-6-8-17-22-23-18(10-21-19(26)27)24(17)16-7-5-11(25(28)29)9-14(12)16/h1-9,18,21H,10H2,(H,26,27). The molecule has 2 aromatic carbocycles. The molecule has 146 valence electrons. The van der Waals surface area contributed by atoms with Gasteiger partial charge < -0.3 is 10.4 Å². The molecule has 0 aromatic heterocycles. The Hall–Kier alpha value is -3.72. The van der Waals surface area contributed by atoms with Gasteiger partial charge in [0.05, 0.1) is 17.2 Å². The first-order chi connectivity index (χ1) is 14.0. The molecule has 0 saturated heterocycles. The minimum Gasteiger partial charge on any atom is -0.465 e. The summed E-state index contributed by atoms with van der Waals surface area (Å²) in [4.78, 5) is 23.6. The lowest BCUT2D eigenvalue weighted by Gasteiger charge is -2.26. The highest BCUT2D eigenvalue weighted by atomic mass is 35.5. The molecule has 0 bridgehead atoms. The van der Waals surface area contributed by atoms with Crippen LogP contribution in [0.3, 0.4) is 0 Å². The first-order valence-corrected chi connectivity index (χ1v) is 8.96. The molecule has 2 aliphatic rings.